The molecular weight excluding hydrogens is 228 g/mol. The Morgan fingerprint density at radius 3 is 3.22 bits per heavy atom. The van der Waals surface area contributed by atoms with E-state index < -0.39 is 0 Å². The van der Waals surface area contributed by atoms with Crippen LogP contribution in [0.2, 0.25) is 0 Å². The number of nitrogens with zero attached hydrogens (tertiary/aromatic N) is 3. The molecule has 1 aliphatic rings. The highest BCUT2D eigenvalue weighted by atomic mass is 15.1. The SMILES string of the molecule is c1cnc2nc(C3Cc4nc[nH]c4CN3)[nH]c2c1. The average Bonchev–Trinajstić information content (AvgIpc) is 3.04. The number of fused-ring (bicyclic) bond motifs is 2. The molecule has 1 unspecified atom stereocenters. The fraction of sp³-hybridized carbons (Fsp3) is 0.250. The first kappa shape index (κ1) is 9.78. The third kappa shape index (κ3) is 1.42. The van der Waals surface area contributed by atoms with Gasteiger partial charge in [-0.1, -0.05) is 0 Å². The summed E-state index contributed by atoms with van der Waals surface area (Å²) in [5.41, 5.74) is 4.02. The molecule has 0 bridgehead atoms. The van der Waals surface area contributed by atoms with Crippen molar-refractivity contribution in [1.29, 1.82) is 0 Å². The van der Waals surface area contributed by atoms with Crippen molar-refractivity contribution in [2.75, 3.05) is 0 Å². The first-order chi connectivity index (χ1) is 8.90. The minimum atomic E-state index is 0.176. The number of aromatic amines is 2. The molecule has 6 nitrogen and oxygen atoms in total. The zero-order chi connectivity index (χ0) is 11.9. The summed E-state index contributed by atoms with van der Waals surface area (Å²) in [4.78, 5) is 19.6. The van der Waals surface area contributed by atoms with Gasteiger partial charge in [0.1, 0.15) is 5.82 Å². The summed E-state index contributed by atoms with van der Waals surface area (Å²) < 4.78 is 0. The van der Waals surface area contributed by atoms with Gasteiger partial charge in [-0.25, -0.2) is 15.0 Å². The Bertz CT molecular complexity index is 664. The minimum Gasteiger partial charge on any atom is -0.347 e. The summed E-state index contributed by atoms with van der Waals surface area (Å²) in [6.07, 6.45) is 4.35. The van der Waals surface area contributed by atoms with Crippen molar-refractivity contribution >= 4 is 11.2 Å². The number of nitrogens with one attached hydrogen (secondary N) is 3. The molecule has 90 valence electrons. The van der Waals surface area contributed by atoms with E-state index in [1.165, 1.54) is 5.69 Å². The van der Waals surface area contributed by atoms with Crippen LogP contribution in [-0.4, -0.2) is 24.9 Å². The highest BCUT2D eigenvalue weighted by Gasteiger charge is 2.23. The summed E-state index contributed by atoms with van der Waals surface area (Å²) in [6, 6.07) is 4.07. The zero-order valence-corrected chi connectivity index (χ0v) is 9.64. The molecule has 0 saturated carbocycles. The molecule has 4 heterocycles. The van der Waals surface area contributed by atoms with Crippen LogP contribution in [0.3, 0.4) is 0 Å². The molecule has 1 atom stereocenters. The van der Waals surface area contributed by atoms with E-state index in [0.29, 0.717) is 0 Å². The van der Waals surface area contributed by atoms with Crippen LogP contribution >= 0.6 is 0 Å². The van der Waals surface area contributed by atoms with Crippen molar-refractivity contribution in [3.05, 3.63) is 41.9 Å². The van der Waals surface area contributed by atoms with Crippen molar-refractivity contribution in [2.45, 2.75) is 19.0 Å². The summed E-state index contributed by atoms with van der Waals surface area (Å²) in [6.45, 7) is 0.796. The lowest BCUT2D eigenvalue weighted by Gasteiger charge is -2.20. The number of imidazole rings is 2. The van der Waals surface area contributed by atoms with Crippen LogP contribution in [0.1, 0.15) is 23.3 Å². The van der Waals surface area contributed by atoms with Crippen molar-refractivity contribution in [1.82, 2.24) is 30.2 Å². The first-order valence-corrected chi connectivity index (χ1v) is 5.95. The lowest BCUT2D eigenvalue weighted by Crippen LogP contribution is -2.29. The van der Waals surface area contributed by atoms with Crippen LogP contribution in [0.25, 0.3) is 11.2 Å². The van der Waals surface area contributed by atoms with Gasteiger partial charge in [-0.3, -0.25) is 0 Å². The van der Waals surface area contributed by atoms with Crippen LogP contribution in [-0.2, 0) is 13.0 Å². The Labute approximate surface area is 103 Å². The molecule has 0 aromatic carbocycles. The Morgan fingerprint density at radius 1 is 1.28 bits per heavy atom. The van der Waals surface area contributed by atoms with Crippen molar-refractivity contribution in [3.63, 3.8) is 0 Å². The molecule has 4 rings (SSSR count). The number of aromatic nitrogens is 5. The van der Waals surface area contributed by atoms with Crippen LogP contribution in [0, 0.1) is 0 Å². The van der Waals surface area contributed by atoms with E-state index in [-0.39, 0.29) is 6.04 Å². The minimum absolute atomic E-state index is 0.176. The molecule has 0 amide bonds. The smallest absolute Gasteiger partial charge is 0.177 e. The molecule has 0 spiro atoms. The van der Waals surface area contributed by atoms with Gasteiger partial charge in [0.25, 0.3) is 0 Å². The zero-order valence-electron chi connectivity index (χ0n) is 9.64. The third-order valence-electron chi connectivity index (χ3n) is 3.34. The molecule has 0 radical (unpaired) electrons. The van der Waals surface area contributed by atoms with Crippen LogP contribution < -0.4 is 5.32 Å². The number of hydrogen-bond donors (Lipinski definition) is 3. The molecule has 0 aliphatic carbocycles. The quantitative estimate of drug-likeness (QED) is 0.594. The Morgan fingerprint density at radius 2 is 2.28 bits per heavy atom. The molecule has 6 heteroatoms. The van der Waals surface area contributed by atoms with Gasteiger partial charge in [0.05, 0.1) is 29.3 Å². The Hall–Kier alpha value is -2.21. The second kappa shape index (κ2) is 3.64. The maximum Gasteiger partial charge on any atom is 0.177 e. The van der Waals surface area contributed by atoms with E-state index in [1.54, 1.807) is 12.5 Å². The van der Waals surface area contributed by atoms with E-state index >= 15 is 0 Å². The number of H-pyrrole nitrogens is 2. The summed E-state index contributed by atoms with van der Waals surface area (Å²) in [5, 5.41) is 3.45. The normalized spacial score (nSPS) is 19.0. The second-order valence-electron chi connectivity index (χ2n) is 4.46. The number of rotatable bonds is 1. The maximum atomic E-state index is 4.53. The van der Waals surface area contributed by atoms with E-state index in [4.69, 9.17) is 0 Å². The van der Waals surface area contributed by atoms with Gasteiger partial charge < -0.3 is 15.3 Å². The van der Waals surface area contributed by atoms with Gasteiger partial charge in [-0.05, 0) is 12.1 Å². The van der Waals surface area contributed by atoms with Gasteiger partial charge in [0.2, 0.25) is 0 Å². The molecule has 3 aromatic heterocycles. The lowest BCUT2D eigenvalue weighted by atomic mass is 10.1. The average molecular weight is 240 g/mol. The maximum absolute atomic E-state index is 4.53. The van der Waals surface area contributed by atoms with Gasteiger partial charge >= 0.3 is 0 Å². The number of hydrogen-bond acceptors (Lipinski definition) is 4. The molecule has 3 N–H and O–H groups in total. The van der Waals surface area contributed by atoms with Crippen LogP contribution in [0.5, 0.6) is 0 Å². The van der Waals surface area contributed by atoms with Gasteiger partial charge in [0.15, 0.2) is 5.65 Å². The first-order valence-electron chi connectivity index (χ1n) is 5.95. The van der Waals surface area contributed by atoms with Crippen molar-refractivity contribution < 1.29 is 0 Å². The highest BCUT2D eigenvalue weighted by molar-refractivity contribution is 5.70. The van der Waals surface area contributed by atoms with Gasteiger partial charge in [-0.2, -0.15) is 0 Å². The largest absolute Gasteiger partial charge is 0.347 e. The molecule has 0 saturated heterocycles. The monoisotopic (exact) mass is 240 g/mol. The van der Waals surface area contributed by atoms with Crippen molar-refractivity contribution in [3.8, 4) is 0 Å². The van der Waals surface area contributed by atoms with E-state index in [0.717, 1.165) is 35.6 Å². The highest BCUT2D eigenvalue weighted by Crippen LogP contribution is 2.23. The fourth-order valence-electron chi connectivity index (χ4n) is 2.39. The standard InChI is InChI=1S/C12H12N6/c1-2-7-11(13-3-1)18-12(17-7)9-4-8-10(5-14-9)16-6-15-8/h1-3,6,9,14H,4-5H2,(H,15,16)(H,13,17,18). The van der Waals surface area contributed by atoms with E-state index in [1.807, 2.05) is 12.1 Å². The van der Waals surface area contributed by atoms with E-state index in [9.17, 15) is 0 Å². The number of pyridine rings is 1. The summed E-state index contributed by atoms with van der Waals surface area (Å²) >= 11 is 0. The second-order valence-corrected chi connectivity index (χ2v) is 4.46. The molecule has 3 aromatic rings. The topological polar surface area (TPSA) is 82.3 Å². The predicted molar refractivity (Wildman–Crippen MR) is 65.8 cm³/mol. The fourth-order valence-corrected chi connectivity index (χ4v) is 2.39. The lowest BCUT2D eigenvalue weighted by molar-refractivity contribution is 0.472. The summed E-state index contributed by atoms with van der Waals surface area (Å²) in [5.74, 6) is 0.928. The van der Waals surface area contributed by atoms with Crippen molar-refractivity contribution in [2.24, 2.45) is 0 Å². The molecular formula is C12H12N6. The van der Waals surface area contributed by atoms with Crippen LogP contribution in [0.4, 0.5) is 0 Å². The third-order valence-corrected chi connectivity index (χ3v) is 3.34. The molecule has 1 aliphatic heterocycles. The van der Waals surface area contributed by atoms with Gasteiger partial charge in [-0.15, -0.1) is 0 Å². The van der Waals surface area contributed by atoms with E-state index in [2.05, 4.69) is 30.2 Å². The Kier molecular flexibility index (Phi) is 1.98. The van der Waals surface area contributed by atoms with Crippen LogP contribution in [0.15, 0.2) is 24.7 Å². The molecule has 0 fully saturated rings. The van der Waals surface area contributed by atoms with Gasteiger partial charge in [0, 0.05) is 19.2 Å². The predicted octanol–water partition coefficient (Wildman–Crippen LogP) is 1.07. The summed E-state index contributed by atoms with van der Waals surface area (Å²) in [7, 11) is 0. The molecule has 18 heavy (non-hydrogen) atoms. The Balaban J connectivity index is 1.72.